The lowest BCUT2D eigenvalue weighted by Crippen LogP contribution is -2.27. The average molecular weight is 434 g/mol. The first-order valence-electron chi connectivity index (χ1n) is 11.1. The van der Waals surface area contributed by atoms with E-state index < -0.39 is 5.41 Å². The van der Waals surface area contributed by atoms with E-state index in [1.165, 1.54) is 5.56 Å². The van der Waals surface area contributed by atoms with Gasteiger partial charge in [0.2, 0.25) is 12.7 Å². The minimum Gasteiger partial charge on any atom is -0.454 e. The molecule has 1 aliphatic carbocycles. The van der Waals surface area contributed by atoms with Gasteiger partial charge in [0.15, 0.2) is 11.5 Å². The predicted molar refractivity (Wildman–Crippen MR) is 128 cm³/mol. The van der Waals surface area contributed by atoms with Crippen LogP contribution in [-0.4, -0.2) is 17.8 Å². The van der Waals surface area contributed by atoms with Crippen molar-refractivity contribution in [1.82, 2.24) is 0 Å². The molecule has 0 radical (unpaired) electrons. The monoisotopic (exact) mass is 433 g/mol. The highest BCUT2D eigenvalue weighted by molar-refractivity contribution is 6.02. The SMILES string of the molecule is CC(C)c1ccc(NC(=O)C2(c3ccc4c(c3)OCO4)CC2)cc1-c1ccc(CO)cc1.[HH].[HH]. The second-order valence-corrected chi connectivity index (χ2v) is 8.92. The molecule has 0 saturated heterocycles. The van der Waals surface area contributed by atoms with Crippen molar-refractivity contribution in [2.24, 2.45) is 0 Å². The number of aliphatic hydroxyl groups is 1. The van der Waals surface area contributed by atoms with Gasteiger partial charge in [-0.05, 0) is 70.8 Å². The standard InChI is InChI=1S/C27H27NO4.2H2/c1-17(2)22-9-8-21(14-23(22)19-5-3-18(15-29)4-6-19)28-26(30)27(11-12-27)20-7-10-24-25(13-20)32-16-31-24;;/h3-10,13-14,17,29H,11-12,15-16H2,1-2H3,(H,28,30);2*1H. The van der Waals surface area contributed by atoms with Gasteiger partial charge in [0, 0.05) is 8.54 Å². The molecule has 5 rings (SSSR count). The number of rotatable bonds is 6. The number of nitrogens with one attached hydrogen (secondary N) is 1. The van der Waals surface area contributed by atoms with E-state index in [2.05, 4.69) is 31.3 Å². The van der Waals surface area contributed by atoms with Crippen LogP contribution >= 0.6 is 0 Å². The summed E-state index contributed by atoms with van der Waals surface area (Å²) in [6, 6.07) is 19.8. The zero-order valence-corrected chi connectivity index (χ0v) is 18.4. The second-order valence-electron chi connectivity index (χ2n) is 8.92. The van der Waals surface area contributed by atoms with Gasteiger partial charge in [-0.2, -0.15) is 0 Å². The van der Waals surface area contributed by atoms with Crippen LogP contribution in [0, 0.1) is 0 Å². The van der Waals surface area contributed by atoms with Crippen LogP contribution in [0.5, 0.6) is 11.5 Å². The van der Waals surface area contributed by atoms with Crippen LogP contribution in [0.15, 0.2) is 60.7 Å². The third-order valence-corrected chi connectivity index (χ3v) is 6.49. The Kier molecular flexibility index (Phi) is 5.14. The zero-order valence-electron chi connectivity index (χ0n) is 18.4. The van der Waals surface area contributed by atoms with E-state index in [0.717, 1.165) is 46.5 Å². The summed E-state index contributed by atoms with van der Waals surface area (Å²) >= 11 is 0. The number of anilines is 1. The first kappa shape index (κ1) is 20.6. The molecule has 0 aromatic heterocycles. The van der Waals surface area contributed by atoms with E-state index in [-0.39, 0.29) is 22.2 Å². The molecule has 0 unspecified atom stereocenters. The molecule has 0 atom stereocenters. The van der Waals surface area contributed by atoms with Crippen molar-refractivity contribution in [1.29, 1.82) is 0 Å². The van der Waals surface area contributed by atoms with Gasteiger partial charge < -0.3 is 19.9 Å². The number of hydrogen-bond donors (Lipinski definition) is 2. The maximum Gasteiger partial charge on any atom is 0.235 e. The first-order valence-corrected chi connectivity index (χ1v) is 11.1. The lowest BCUT2D eigenvalue weighted by molar-refractivity contribution is -0.118. The van der Waals surface area contributed by atoms with E-state index in [0.29, 0.717) is 11.7 Å². The normalized spacial score (nSPS) is 15.6. The maximum absolute atomic E-state index is 13.3. The molecule has 5 heteroatoms. The van der Waals surface area contributed by atoms with Crippen molar-refractivity contribution in [3.63, 3.8) is 0 Å². The van der Waals surface area contributed by atoms with Crippen molar-refractivity contribution >= 4 is 11.6 Å². The van der Waals surface area contributed by atoms with Crippen LogP contribution in [-0.2, 0) is 16.8 Å². The van der Waals surface area contributed by atoms with Crippen molar-refractivity contribution in [2.45, 2.75) is 44.6 Å². The number of aliphatic hydroxyl groups excluding tert-OH is 1. The van der Waals surface area contributed by atoms with Crippen molar-refractivity contribution in [3.05, 3.63) is 77.4 Å². The second kappa shape index (κ2) is 7.99. The summed E-state index contributed by atoms with van der Waals surface area (Å²) in [5.74, 6) is 1.79. The molecule has 1 aliphatic heterocycles. The molecule has 1 saturated carbocycles. The molecule has 3 aromatic rings. The van der Waals surface area contributed by atoms with Gasteiger partial charge in [0.25, 0.3) is 0 Å². The number of amides is 1. The number of hydrogen-bond acceptors (Lipinski definition) is 4. The predicted octanol–water partition coefficient (Wildman–Crippen LogP) is 5.86. The Balaban J connectivity index is 0.00000162. The number of fused-ring (bicyclic) bond motifs is 1. The highest BCUT2D eigenvalue weighted by atomic mass is 16.7. The van der Waals surface area contributed by atoms with E-state index in [1.54, 1.807) is 0 Å². The Hall–Kier alpha value is -3.31. The molecular formula is C27H31NO4. The summed E-state index contributed by atoms with van der Waals surface area (Å²) in [6.07, 6.45) is 1.63. The molecule has 1 heterocycles. The molecule has 0 spiro atoms. The summed E-state index contributed by atoms with van der Waals surface area (Å²) < 4.78 is 10.9. The fourth-order valence-corrected chi connectivity index (χ4v) is 4.39. The van der Waals surface area contributed by atoms with Gasteiger partial charge in [0.1, 0.15) is 0 Å². The third kappa shape index (κ3) is 3.63. The van der Waals surface area contributed by atoms with Gasteiger partial charge in [0.05, 0.1) is 12.0 Å². The minimum atomic E-state index is -0.513. The summed E-state index contributed by atoms with van der Waals surface area (Å²) in [7, 11) is 0. The number of carbonyl (C=O) groups is 1. The lowest BCUT2D eigenvalue weighted by Gasteiger charge is -2.19. The van der Waals surface area contributed by atoms with E-state index in [9.17, 15) is 9.90 Å². The summed E-state index contributed by atoms with van der Waals surface area (Å²) in [5, 5.41) is 12.5. The van der Waals surface area contributed by atoms with E-state index >= 15 is 0 Å². The number of benzene rings is 3. The Bertz CT molecular complexity index is 1170. The smallest absolute Gasteiger partial charge is 0.235 e. The zero-order chi connectivity index (χ0) is 22.3. The van der Waals surface area contributed by atoms with Gasteiger partial charge in [-0.15, -0.1) is 0 Å². The van der Waals surface area contributed by atoms with Gasteiger partial charge in [-0.25, -0.2) is 0 Å². The largest absolute Gasteiger partial charge is 0.454 e. The van der Waals surface area contributed by atoms with Crippen LogP contribution in [0.3, 0.4) is 0 Å². The molecule has 3 aromatic carbocycles. The molecular weight excluding hydrogens is 402 g/mol. The van der Waals surface area contributed by atoms with Crippen molar-refractivity contribution < 1.29 is 22.2 Å². The topological polar surface area (TPSA) is 67.8 Å². The Morgan fingerprint density at radius 1 is 1.03 bits per heavy atom. The Morgan fingerprint density at radius 3 is 2.47 bits per heavy atom. The van der Waals surface area contributed by atoms with Gasteiger partial charge in [-0.3, -0.25) is 4.79 Å². The molecule has 0 bridgehead atoms. The van der Waals surface area contributed by atoms with Gasteiger partial charge >= 0.3 is 0 Å². The Morgan fingerprint density at radius 2 is 1.78 bits per heavy atom. The molecule has 2 aliphatic rings. The van der Waals surface area contributed by atoms with Crippen LogP contribution in [0.1, 0.15) is 52.2 Å². The summed E-state index contributed by atoms with van der Waals surface area (Å²) in [6.45, 7) is 4.58. The average Bonchev–Trinajstić information content (AvgIpc) is 3.50. The molecule has 1 fully saturated rings. The fourth-order valence-electron chi connectivity index (χ4n) is 4.39. The van der Waals surface area contributed by atoms with Crippen molar-refractivity contribution in [2.75, 3.05) is 12.1 Å². The third-order valence-electron chi connectivity index (χ3n) is 6.49. The summed E-state index contributed by atoms with van der Waals surface area (Å²) in [4.78, 5) is 13.3. The highest BCUT2D eigenvalue weighted by Crippen LogP contribution is 2.51. The van der Waals surface area contributed by atoms with E-state index in [1.807, 2.05) is 48.5 Å². The van der Waals surface area contributed by atoms with Crippen LogP contribution in [0.4, 0.5) is 5.69 Å². The van der Waals surface area contributed by atoms with Crippen LogP contribution in [0.25, 0.3) is 11.1 Å². The van der Waals surface area contributed by atoms with Gasteiger partial charge in [-0.1, -0.05) is 50.2 Å². The Labute approximate surface area is 191 Å². The maximum atomic E-state index is 13.3. The highest BCUT2D eigenvalue weighted by Gasteiger charge is 2.51. The first-order chi connectivity index (χ1) is 15.5. The molecule has 5 nitrogen and oxygen atoms in total. The lowest BCUT2D eigenvalue weighted by atomic mass is 9.91. The molecule has 168 valence electrons. The molecule has 1 amide bonds. The molecule has 2 N–H and O–H groups in total. The van der Waals surface area contributed by atoms with Crippen LogP contribution < -0.4 is 14.8 Å². The minimum absolute atomic E-state index is 0. The quantitative estimate of drug-likeness (QED) is 0.511. The fraction of sp³-hybridized carbons (Fsp3) is 0.296. The number of carbonyl (C=O) groups excluding carboxylic acids is 1. The summed E-state index contributed by atoms with van der Waals surface area (Å²) in [5.41, 5.74) is 5.50. The van der Waals surface area contributed by atoms with Crippen molar-refractivity contribution in [3.8, 4) is 22.6 Å². The van der Waals surface area contributed by atoms with E-state index in [4.69, 9.17) is 9.47 Å². The molecule has 32 heavy (non-hydrogen) atoms. The number of ether oxygens (including phenoxy) is 2. The van der Waals surface area contributed by atoms with Crippen LogP contribution in [0.2, 0.25) is 0 Å².